The molecular weight excluding hydrogens is 526 g/mol. The fourth-order valence-electron chi connectivity index (χ4n) is 5.02. The monoisotopic (exact) mass is 573 g/mol. The minimum absolute atomic E-state index is 0.195. The molecule has 3 amide bonds. The second kappa shape index (κ2) is 13.9. The van der Waals surface area contributed by atoms with Crippen LogP contribution in [0.4, 0.5) is 10.5 Å². The molecule has 0 aliphatic carbocycles. The highest BCUT2D eigenvalue weighted by molar-refractivity contribution is 6.00. The van der Waals surface area contributed by atoms with Gasteiger partial charge < -0.3 is 20.3 Å². The van der Waals surface area contributed by atoms with Gasteiger partial charge in [-0.25, -0.2) is 4.79 Å². The molecule has 7 heteroatoms. The first-order valence-electron chi connectivity index (χ1n) is 14.9. The number of anilines is 1. The number of rotatable bonds is 10. The van der Waals surface area contributed by atoms with Gasteiger partial charge in [-0.15, -0.1) is 0 Å². The van der Waals surface area contributed by atoms with Crippen molar-refractivity contribution < 1.29 is 19.1 Å². The molecule has 3 aromatic carbocycles. The van der Waals surface area contributed by atoms with E-state index in [1.54, 1.807) is 25.7 Å². The summed E-state index contributed by atoms with van der Waals surface area (Å²) in [7, 11) is 0. The zero-order chi connectivity index (χ0) is 31.2. The normalized spacial score (nSPS) is 14.4. The summed E-state index contributed by atoms with van der Waals surface area (Å²) in [5.74, 6) is -0.823. The van der Waals surface area contributed by atoms with Crippen LogP contribution < -0.4 is 10.6 Å². The van der Waals surface area contributed by atoms with E-state index >= 15 is 0 Å². The molecule has 2 N–H and O–H groups in total. The summed E-state index contributed by atoms with van der Waals surface area (Å²) in [6.07, 6.45) is 0.614. The van der Waals surface area contributed by atoms with Crippen molar-refractivity contribution >= 4 is 34.4 Å². The van der Waals surface area contributed by atoms with E-state index in [-0.39, 0.29) is 23.8 Å². The molecule has 3 aromatic rings. The van der Waals surface area contributed by atoms with E-state index in [9.17, 15) is 14.4 Å². The van der Waals surface area contributed by atoms with Gasteiger partial charge >= 0.3 is 6.09 Å². The first-order valence-corrected chi connectivity index (χ1v) is 14.9. The number of hydrogen-bond donors (Lipinski definition) is 2. The molecule has 0 spiro atoms. The Balaban J connectivity index is 2.11. The van der Waals surface area contributed by atoms with Crippen LogP contribution >= 0.6 is 0 Å². The van der Waals surface area contributed by atoms with Crippen LogP contribution in [0, 0.1) is 19.8 Å². The van der Waals surface area contributed by atoms with Crippen LogP contribution in [0.5, 0.6) is 0 Å². The number of nitrogens with one attached hydrogen (secondary N) is 2. The van der Waals surface area contributed by atoms with Gasteiger partial charge in [0.05, 0.1) is 0 Å². The molecule has 0 aliphatic rings. The van der Waals surface area contributed by atoms with E-state index in [0.29, 0.717) is 18.5 Å². The SMILES string of the molecule is CCC(C)C(NC(=O)OC(C)(C)C)C(=O)N(C(C)CC)C(C(=O)Nc1ccc2ccccc2c1)c1cc(C)ccc1C. The molecule has 0 aromatic heterocycles. The van der Waals surface area contributed by atoms with Crippen LogP contribution in [0.2, 0.25) is 0 Å². The maximum Gasteiger partial charge on any atom is 0.408 e. The summed E-state index contributed by atoms with van der Waals surface area (Å²) in [6.45, 7) is 17.1. The Morgan fingerprint density at radius 2 is 1.55 bits per heavy atom. The van der Waals surface area contributed by atoms with Gasteiger partial charge in [0.2, 0.25) is 5.91 Å². The standard InChI is InChI=1S/C35H47N3O4/c1-10-23(4)30(37-34(41)42-35(7,8)9)33(40)38(25(6)11-2)31(29-20-22(3)16-17-24(29)5)32(39)36-28-19-18-26-14-12-13-15-27(26)21-28/h12-21,23,25,30-31H,10-11H2,1-9H3,(H,36,39)(H,37,41). The molecule has 42 heavy (non-hydrogen) atoms. The van der Waals surface area contributed by atoms with Gasteiger partial charge in [0, 0.05) is 11.7 Å². The van der Waals surface area contributed by atoms with E-state index in [2.05, 4.69) is 10.6 Å². The van der Waals surface area contributed by atoms with Crippen molar-refractivity contribution in [3.05, 3.63) is 77.4 Å². The number of fused-ring (bicyclic) bond motifs is 1. The molecule has 4 unspecified atom stereocenters. The van der Waals surface area contributed by atoms with Gasteiger partial charge in [-0.3, -0.25) is 9.59 Å². The van der Waals surface area contributed by atoms with Crippen LogP contribution in [-0.2, 0) is 14.3 Å². The first-order chi connectivity index (χ1) is 19.7. The minimum Gasteiger partial charge on any atom is -0.444 e. The summed E-state index contributed by atoms with van der Waals surface area (Å²) in [5, 5.41) is 8.02. The topological polar surface area (TPSA) is 87.7 Å². The lowest BCUT2D eigenvalue weighted by atomic mass is 9.92. The Kier molecular flexibility index (Phi) is 10.8. The lowest BCUT2D eigenvalue weighted by Gasteiger charge is -2.40. The Bertz CT molecular complexity index is 1410. The Morgan fingerprint density at radius 1 is 0.881 bits per heavy atom. The van der Waals surface area contributed by atoms with Gasteiger partial charge in [-0.2, -0.15) is 0 Å². The molecule has 3 rings (SSSR count). The zero-order valence-electron chi connectivity index (χ0n) is 26.6. The van der Waals surface area contributed by atoms with Crippen LogP contribution in [0.25, 0.3) is 10.8 Å². The fraction of sp³-hybridized carbons (Fsp3) is 0.457. The maximum atomic E-state index is 14.6. The van der Waals surface area contributed by atoms with Crippen molar-refractivity contribution in [3.63, 3.8) is 0 Å². The molecule has 4 atom stereocenters. The molecule has 226 valence electrons. The first kappa shape index (κ1) is 32.6. The summed E-state index contributed by atoms with van der Waals surface area (Å²) in [5.41, 5.74) is 2.57. The van der Waals surface area contributed by atoms with Crippen molar-refractivity contribution in [3.8, 4) is 0 Å². The van der Waals surface area contributed by atoms with Gasteiger partial charge in [0.25, 0.3) is 5.91 Å². The lowest BCUT2D eigenvalue weighted by Crippen LogP contribution is -2.57. The zero-order valence-corrected chi connectivity index (χ0v) is 26.6. The highest BCUT2D eigenvalue weighted by Gasteiger charge is 2.40. The number of nitrogens with zero attached hydrogens (tertiary/aromatic N) is 1. The number of ether oxygens (including phenoxy) is 1. The van der Waals surface area contributed by atoms with Gasteiger partial charge in [0.15, 0.2) is 0 Å². The van der Waals surface area contributed by atoms with Crippen molar-refractivity contribution in [2.24, 2.45) is 5.92 Å². The lowest BCUT2D eigenvalue weighted by molar-refractivity contribution is -0.144. The Morgan fingerprint density at radius 3 is 2.17 bits per heavy atom. The molecule has 0 saturated heterocycles. The molecule has 0 heterocycles. The van der Waals surface area contributed by atoms with Crippen LogP contribution in [0.1, 0.15) is 84.0 Å². The summed E-state index contributed by atoms with van der Waals surface area (Å²) in [6, 6.07) is 17.6. The summed E-state index contributed by atoms with van der Waals surface area (Å²) >= 11 is 0. The molecular formula is C35H47N3O4. The van der Waals surface area contributed by atoms with Crippen molar-refractivity contribution in [2.45, 2.75) is 98.9 Å². The molecule has 0 fully saturated rings. The highest BCUT2D eigenvalue weighted by atomic mass is 16.6. The third kappa shape index (κ3) is 8.11. The minimum atomic E-state index is -0.925. The predicted octanol–water partition coefficient (Wildman–Crippen LogP) is 7.70. The predicted molar refractivity (Wildman–Crippen MR) is 170 cm³/mol. The third-order valence-corrected chi connectivity index (χ3v) is 7.74. The van der Waals surface area contributed by atoms with E-state index in [1.807, 2.05) is 102 Å². The third-order valence-electron chi connectivity index (χ3n) is 7.74. The number of benzene rings is 3. The number of hydrogen-bond acceptors (Lipinski definition) is 4. The highest BCUT2D eigenvalue weighted by Crippen LogP contribution is 2.32. The molecule has 7 nitrogen and oxygen atoms in total. The molecule has 0 saturated carbocycles. The second-order valence-electron chi connectivity index (χ2n) is 12.3. The Labute approximate surface area is 251 Å². The fourth-order valence-corrected chi connectivity index (χ4v) is 5.02. The maximum absolute atomic E-state index is 14.6. The van der Waals surface area contributed by atoms with E-state index in [1.165, 1.54) is 0 Å². The van der Waals surface area contributed by atoms with Crippen LogP contribution in [-0.4, -0.2) is 40.5 Å². The number of carbonyl (C=O) groups is 3. The summed E-state index contributed by atoms with van der Waals surface area (Å²) < 4.78 is 5.52. The van der Waals surface area contributed by atoms with E-state index in [0.717, 1.165) is 27.5 Å². The van der Waals surface area contributed by atoms with Crippen molar-refractivity contribution in [1.82, 2.24) is 10.2 Å². The largest absolute Gasteiger partial charge is 0.444 e. The van der Waals surface area contributed by atoms with Crippen molar-refractivity contribution in [1.29, 1.82) is 0 Å². The van der Waals surface area contributed by atoms with Crippen LogP contribution in [0.15, 0.2) is 60.7 Å². The Hall–Kier alpha value is -3.87. The number of carbonyl (C=O) groups excluding carboxylic acids is 3. The number of aryl methyl sites for hydroxylation is 2. The van der Waals surface area contributed by atoms with Crippen molar-refractivity contribution in [2.75, 3.05) is 5.32 Å². The average Bonchev–Trinajstić information content (AvgIpc) is 2.93. The van der Waals surface area contributed by atoms with Gasteiger partial charge in [-0.1, -0.05) is 81.3 Å². The van der Waals surface area contributed by atoms with Gasteiger partial charge in [-0.05, 0) is 87.9 Å². The van der Waals surface area contributed by atoms with E-state index < -0.39 is 23.8 Å². The van der Waals surface area contributed by atoms with E-state index in [4.69, 9.17) is 4.74 Å². The molecule has 0 aliphatic heterocycles. The summed E-state index contributed by atoms with van der Waals surface area (Å²) in [4.78, 5) is 43.4. The average molecular weight is 574 g/mol. The molecule has 0 bridgehead atoms. The number of amides is 3. The quantitative estimate of drug-likeness (QED) is 0.260. The van der Waals surface area contributed by atoms with Crippen LogP contribution in [0.3, 0.4) is 0 Å². The number of alkyl carbamates (subject to hydrolysis) is 1. The second-order valence-corrected chi connectivity index (χ2v) is 12.3. The van der Waals surface area contributed by atoms with Gasteiger partial charge in [0.1, 0.15) is 17.7 Å². The smallest absolute Gasteiger partial charge is 0.408 e. The molecule has 0 radical (unpaired) electrons.